The zero-order valence-corrected chi connectivity index (χ0v) is 11.5. The summed E-state index contributed by atoms with van der Waals surface area (Å²) in [5, 5.41) is 0. The summed E-state index contributed by atoms with van der Waals surface area (Å²) in [6.45, 7) is 2.45. The Morgan fingerprint density at radius 1 is 1.25 bits per heavy atom. The van der Waals surface area contributed by atoms with Gasteiger partial charge in [-0.2, -0.15) is 0 Å². The maximum Gasteiger partial charge on any atom is 0.165 e. The molecule has 1 aromatic heterocycles. The molecular formula is C15H17FN2O2. The Balaban J connectivity index is 2.28. The van der Waals surface area contributed by atoms with Crippen molar-refractivity contribution < 1.29 is 13.9 Å². The van der Waals surface area contributed by atoms with E-state index in [1.54, 1.807) is 24.5 Å². The van der Waals surface area contributed by atoms with Gasteiger partial charge in [0.15, 0.2) is 11.6 Å². The molecule has 4 nitrogen and oxygen atoms in total. The van der Waals surface area contributed by atoms with Crippen LogP contribution in [0.2, 0.25) is 0 Å². The van der Waals surface area contributed by atoms with Gasteiger partial charge in [-0.25, -0.2) is 4.39 Å². The molecule has 1 unspecified atom stereocenters. The second kappa shape index (κ2) is 6.34. The van der Waals surface area contributed by atoms with Crippen LogP contribution in [0.25, 0.3) is 0 Å². The van der Waals surface area contributed by atoms with Crippen molar-refractivity contribution >= 4 is 0 Å². The normalized spacial score (nSPS) is 12.0. The molecular weight excluding hydrogens is 259 g/mol. The summed E-state index contributed by atoms with van der Waals surface area (Å²) < 4.78 is 24.0. The topological polar surface area (TPSA) is 57.4 Å². The lowest BCUT2D eigenvalue weighted by molar-refractivity contribution is 0.338. The Hall–Kier alpha value is -2.14. The van der Waals surface area contributed by atoms with Gasteiger partial charge in [-0.05, 0) is 36.2 Å². The Kier molecular flexibility index (Phi) is 4.53. The van der Waals surface area contributed by atoms with E-state index in [9.17, 15) is 4.39 Å². The average molecular weight is 276 g/mol. The van der Waals surface area contributed by atoms with Crippen LogP contribution >= 0.6 is 0 Å². The fraction of sp³-hybridized carbons (Fsp3) is 0.267. The summed E-state index contributed by atoms with van der Waals surface area (Å²) in [6.07, 6.45) is 3.27. The van der Waals surface area contributed by atoms with Gasteiger partial charge >= 0.3 is 0 Å². The van der Waals surface area contributed by atoms with Crippen LogP contribution in [0.5, 0.6) is 11.5 Å². The molecule has 20 heavy (non-hydrogen) atoms. The molecule has 0 aliphatic heterocycles. The van der Waals surface area contributed by atoms with Crippen molar-refractivity contribution in [1.82, 2.24) is 4.98 Å². The molecule has 0 saturated heterocycles. The maximum atomic E-state index is 13.7. The van der Waals surface area contributed by atoms with E-state index in [-0.39, 0.29) is 5.75 Å². The van der Waals surface area contributed by atoms with E-state index in [4.69, 9.17) is 15.2 Å². The summed E-state index contributed by atoms with van der Waals surface area (Å²) in [6, 6.07) is 6.01. The number of ether oxygens (including phenoxy) is 2. The van der Waals surface area contributed by atoms with Crippen molar-refractivity contribution in [3.8, 4) is 11.5 Å². The number of nitrogens with two attached hydrogens (primary N) is 1. The number of methoxy groups -OCH3 is 1. The van der Waals surface area contributed by atoms with Gasteiger partial charge in [-0.1, -0.05) is 6.07 Å². The highest BCUT2D eigenvalue weighted by Crippen LogP contribution is 2.26. The Morgan fingerprint density at radius 2 is 2.05 bits per heavy atom. The van der Waals surface area contributed by atoms with Gasteiger partial charge in [-0.3, -0.25) is 4.98 Å². The predicted molar refractivity (Wildman–Crippen MR) is 74.4 cm³/mol. The molecule has 0 fully saturated rings. The van der Waals surface area contributed by atoms with E-state index in [0.29, 0.717) is 17.9 Å². The molecule has 5 heteroatoms. The summed E-state index contributed by atoms with van der Waals surface area (Å²) in [5.41, 5.74) is 7.55. The summed E-state index contributed by atoms with van der Waals surface area (Å²) in [4.78, 5) is 4.08. The van der Waals surface area contributed by atoms with Crippen molar-refractivity contribution in [2.75, 3.05) is 13.7 Å². The number of nitrogens with zero attached hydrogens (tertiary/aromatic N) is 1. The summed E-state index contributed by atoms with van der Waals surface area (Å²) in [5.74, 6) is 0.408. The van der Waals surface area contributed by atoms with Gasteiger partial charge in [0.25, 0.3) is 0 Å². The number of pyridine rings is 1. The Bertz CT molecular complexity index is 590. The minimum Gasteiger partial charge on any atom is -0.494 e. The van der Waals surface area contributed by atoms with Crippen molar-refractivity contribution in [3.63, 3.8) is 0 Å². The molecule has 0 saturated carbocycles. The minimum absolute atomic E-state index is 0.196. The number of benzene rings is 1. The number of hydrogen-bond donors (Lipinski definition) is 1. The van der Waals surface area contributed by atoms with E-state index in [1.807, 2.05) is 13.0 Å². The van der Waals surface area contributed by atoms with Gasteiger partial charge in [0, 0.05) is 6.20 Å². The molecule has 0 bridgehead atoms. The largest absolute Gasteiger partial charge is 0.494 e. The molecule has 0 radical (unpaired) electrons. The second-order valence-electron chi connectivity index (χ2n) is 4.26. The molecule has 0 aliphatic rings. The molecule has 2 aromatic rings. The highest BCUT2D eigenvalue weighted by Gasteiger charge is 2.13. The summed E-state index contributed by atoms with van der Waals surface area (Å²) in [7, 11) is 1.42. The van der Waals surface area contributed by atoms with E-state index in [0.717, 1.165) is 5.56 Å². The first-order valence-electron chi connectivity index (χ1n) is 6.32. The molecule has 0 amide bonds. The van der Waals surface area contributed by atoms with Crippen LogP contribution < -0.4 is 15.2 Å². The van der Waals surface area contributed by atoms with Crippen LogP contribution in [0, 0.1) is 5.82 Å². The van der Waals surface area contributed by atoms with Gasteiger partial charge < -0.3 is 15.2 Å². The fourth-order valence-electron chi connectivity index (χ4n) is 1.92. The van der Waals surface area contributed by atoms with Gasteiger partial charge in [-0.15, -0.1) is 0 Å². The first kappa shape index (κ1) is 14.3. The monoisotopic (exact) mass is 276 g/mol. The summed E-state index contributed by atoms with van der Waals surface area (Å²) >= 11 is 0. The lowest BCUT2D eigenvalue weighted by Gasteiger charge is -2.14. The standard InChI is InChI=1S/C15H17FN2O2/c1-3-20-12-6-11(8-18-9-12)15(17)10-4-5-14(19-2)13(16)7-10/h4-9,15H,3,17H2,1-2H3. The van der Waals surface area contributed by atoms with E-state index >= 15 is 0 Å². The molecule has 106 valence electrons. The van der Waals surface area contributed by atoms with E-state index < -0.39 is 11.9 Å². The van der Waals surface area contributed by atoms with Gasteiger partial charge in [0.2, 0.25) is 0 Å². The number of aromatic nitrogens is 1. The molecule has 0 aliphatic carbocycles. The van der Waals surface area contributed by atoms with E-state index in [1.165, 1.54) is 13.2 Å². The second-order valence-corrected chi connectivity index (χ2v) is 4.26. The lowest BCUT2D eigenvalue weighted by atomic mass is 10.0. The molecule has 1 atom stereocenters. The van der Waals surface area contributed by atoms with Crippen LogP contribution in [-0.2, 0) is 0 Å². The number of rotatable bonds is 5. The lowest BCUT2D eigenvalue weighted by Crippen LogP contribution is -2.12. The maximum absolute atomic E-state index is 13.7. The van der Waals surface area contributed by atoms with Crippen LogP contribution in [0.3, 0.4) is 0 Å². The molecule has 1 aromatic carbocycles. The third-order valence-corrected chi connectivity index (χ3v) is 2.94. The smallest absolute Gasteiger partial charge is 0.165 e. The average Bonchev–Trinajstić information content (AvgIpc) is 2.47. The minimum atomic E-state index is -0.469. The third kappa shape index (κ3) is 3.05. The van der Waals surface area contributed by atoms with E-state index in [2.05, 4.69) is 4.98 Å². The van der Waals surface area contributed by atoms with Crippen LogP contribution in [0.1, 0.15) is 24.1 Å². The van der Waals surface area contributed by atoms with Crippen molar-refractivity contribution in [1.29, 1.82) is 0 Å². The predicted octanol–water partition coefficient (Wildman–Crippen LogP) is 2.68. The number of hydrogen-bond acceptors (Lipinski definition) is 4. The molecule has 2 rings (SSSR count). The van der Waals surface area contributed by atoms with Crippen molar-refractivity contribution in [2.24, 2.45) is 5.73 Å². The van der Waals surface area contributed by atoms with Crippen LogP contribution in [0.4, 0.5) is 4.39 Å². The quantitative estimate of drug-likeness (QED) is 0.912. The van der Waals surface area contributed by atoms with Gasteiger partial charge in [0.1, 0.15) is 5.75 Å². The van der Waals surface area contributed by atoms with Crippen LogP contribution in [0.15, 0.2) is 36.7 Å². The zero-order chi connectivity index (χ0) is 14.5. The third-order valence-electron chi connectivity index (χ3n) is 2.94. The van der Waals surface area contributed by atoms with Gasteiger partial charge in [0.05, 0.1) is 26.0 Å². The highest BCUT2D eigenvalue weighted by molar-refractivity contribution is 5.37. The van der Waals surface area contributed by atoms with Crippen LogP contribution in [-0.4, -0.2) is 18.7 Å². The Morgan fingerprint density at radius 3 is 2.70 bits per heavy atom. The Labute approximate surface area is 117 Å². The van der Waals surface area contributed by atoms with Crippen molar-refractivity contribution in [3.05, 3.63) is 53.6 Å². The fourth-order valence-corrected chi connectivity index (χ4v) is 1.92. The van der Waals surface area contributed by atoms with Crippen molar-refractivity contribution in [2.45, 2.75) is 13.0 Å². The first-order chi connectivity index (χ1) is 9.65. The highest BCUT2D eigenvalue weighted by atomic mass is 19.1. The molecule has 0 spiro atoms. The zero-order valence-electron chi connectivity index (χ0n) is 11.5. The SMILES string of the molecule is CCOc1cncc(C(N)c2ccc(OC)c(F)c2)c1. The molecule has 2 N–H and O–H groups in total. The number of halogens is 1. The molecule has 1 heterocycles. The first-order valence-corrected chi connectivity index (χ1v) is 6.32.